The second kappa shape index (κ2) is 11.7. The highest BCUT2D eigenvalue weighted by Gasteiger charge is 2.30. The Morgan fingerprint density at radius 3 is 2.27 bits per heavy atom. The van der Waals surface area contributed by atoms with Crippen LogP contribution in [0.2, 0.25) is 0 Å². The van der Waals surface area contributed by atoms with Gasteiger partial charge in [-0.3, -0.25) is 0 Å². The summed E-state index contributed by atoms with van der Waals surface area (Å²) in [5.74, 6) is 0. The van der Waals surface area contributed by atoms with E-state index in [1.54, 1.807) is 0 Å². The van der Waals surface area contributed by atoms with Crippen molar-refractivity contribution < 1.29 is 18.9 Å². The van der Waals surface area contributed by atoms with E-state index in [0.29, 0.717) is 18.8 Å². The Labute approximate surface area is 158 Å². The van der Waals surface area contributed by atoms with Crippen molar-refractivity contribution in [3.8, 4) is 0 Å². The molecule has 0 radical (unpaired) electrons. The van der Waals surface area contributed by atoms with Gasteiger partial charge in [0.1, 0.15) is 0 Å². The summed E-state index contributed by atoms with van der Waals surface area (Å²) in [5, 5.41) is 0. The Balaban J connectivity index is 1.08. The Hall–Kier alpha value is -0.940. The van der Waals surface area contributed by atoms with Gasteiger partial charge >= 0.3 is 0 Å². The average molecular weight is 363 g/mol. The Morgan fingerprint density at radius 2 is 1.54 bits per heavy atom. The molecule has 0 aromatic heterocycles. The highest BCUT2D eigenvalue weighted by atomic mass is 16.7. The van der Waals surface area contributed by atoms with Crippen LogP contribution in [0.4, 0.5) is 0 Å². The van der Waals surface area contributed by atoms with Crippen molar-refractivity contribution in [2.45, 2.75) is 82.9 Å². The minimum absolute atomic E-state index is 0.0581. The monoisotopic (exact) mass is 362 g/mol. The first kappa shape index (κ1) is 19.8. The molecular weight excluding hydrogens is 328 g/mol. The summed E-state index contributed by atoms with van der Waals surface area (Å²) >= 11 is 0. The molecule has 1 aliphatic carbocycles. The molecule has 1 saturated heterocycles. The molecule has 4 nitrogen and oxygen atoms in total. The van der Waals surface area contributed by atoms with Crippen LogP contribution < -0.4 is 0 Å². The molecule has 2 aliphatic rings. The van der Waals surface area contributed by atoms with E-state index in [0.717, 1.165) is 51.9 Å². The second-order valence-electron chi connectivity index (χ2n) is 7.46. The summed E-state index contributed by atoms with van der Waals surface area (Å²) in [6, 6.07) is 10.4. The molecule has 1 atom stereocenters. The molecule has 146 valence electrons. The lowest BCUT2D eigenvalue weighted by Crippen LogP contribution is -2.37. The molecule has 1 unspecified atom stereocenters. The van der Waals surface area contributed by atoms with Gasteiger partial charge in [0.15, 0.2) is 6.29 Å². The highest BCUT2D eigenvalue weighted by Crippen LogP contribution is 2.27. The van der Waals surface area contributed by atoms with E-state index in [1.165, 1.54) is 31.2 Å². The first-order valence-electron chi connectivity index (χ1n) is 10.4. The molecule has 1 saturated carbocycles. The van der Waals surface area contributed by atoms with Gasteiger partial charge in [-0.05, 0) is 50.5 Å². The van der Waals surface area contributed by atoms with E-state index in [9.17, 15) is 0 Å². The number of ether oxygens (including phenoxy) is 4. The third-order valence-electron chi connectivity index (χ3n) is 5.21. The van der Waals surface area contributed by atoms with Gasteiger partial charge in [-0.25, -0.2) is 0 Å². The maximum Gasteiger partial charge on any atom is 0.157 e. The van der Waals surface area contributed by atoms with Crippen LogP contribution in [0.1, 0.15) is 63.4 Å². The van der Waals surface area contributed by atoms with Crippen LogP contribution in [-0.2, 0) is 25.6 Å². The van der Waals surface area contributed by atoms with Crippen molar-refractivity contribution in [3.63, 3.8) is 0 Å². The van der Waals surface area contributed by atoms with Gasteiger partial charge in [-0.2, -0.15) is 0 Å². The van der Waals surface area contributed by atoms with Gasteiger partial charge in [0.2, 0.25) is 0 Å². The molecule has 0 amide bonds. The van der Waals surface area contributed by atoms with Gasteiger partial charge in [-0.15, -0.1) is 0 Å². The van der Waals surface area contributed by atoms with Crippen molar-refractivity contribution >= 4 is 0 Å². The van der Waals surface area contributed by atoms with Crippen LogP contribution in [0.15, 0.2) is 30.3 Å². The fourth-order valence-corrected chi connectivity index (χ4v) is 3.44. The molecule has 2 fully saturated rings. The van der Waals surface area contributed by atoms with Gasteiger partial charge in [-0.1, -0.05) is 43.2 Å². The number of benzene rings is 1. The molecule has 0 bridgehead atoms. The van der Waals surface area contributed by atoms with E-state index >= 15 is 0 Å². The Bertz CT molecular complexity index is 466. The zero-order chi connectivity index (χ0) is 17.9. The topological polar surface area (TPSA) is 36.9 Å². The lowest BCUT2D eigenvalue weighted by Gasteiger charge is -2.35. The summed E-state index contributed by atoms with van der Waals surface area (Å²) < 4.78 is 23.2. The van der Waals surface area contributed by atoms with Crippen molar-refractivity contribution in [1.82, 2.24) is 0 Å². The summed E-state index contributed by atoms with van der Waals surface area (Å²) in [4.78, 5) is 0. The molecular formula is C22H34O4. The van der Waals surface area contributed by atoms with Crippen LogP contribution in [0.3, 0.4) is 0 Å². The molecule has 0 spiro atoms. The smallest absolute Gasteiger partial charge is 0.157 e. The molecule has 26 heavy (non-hydrogen) atoms. The summed E-state index contributed by atoms with van der Waals surface area (Å²) in [5.41, 5.74) is 1.25. The molecule has 0 N–H and O–H groups in total. The van der Waals surface area contributed by atoms with E-state index in [1.807, 2.05) is 6.07 Å². The quantitative estimate of drug-likeness (QED) is 0.498. The van der Waals surface area contributed by atoms with Crippen LogP contribution in [0, 0.1) is 0 Å². The zero-order valence-corrected chi connectivity index (χ0v) is 15.9. The van der Waals surface area contributed by atoms with E-state index in [-0.39, 0.29) is 6.29 Å². The summed E-state index contributed by atoms with van der Waals surface area (Å²) in [7, 11) is 0. The van der Waals surface area contributed by atoms with Crippen molar-refractivity contribution in [2.24, 2.45) is 0 Å². The molecule has 1 aromatic carbocycles. The van der Waals surface area contributed by atoms with Crippen LogP contribution >= 0.6 is 0 Å². The second-order valence-corrected chi connectivity index (χ2v) is 7.46. The number of hydrogen-bond acceptors (Lipinski definition) is 4. The van der Waals surface area contributed by atoms with Gasteiger partial charge in [0, 0.05) is 19.8 Å². The predicted octanol–water partition coefficient (Wildman–Crippen LogP) is 4.85. The first-order valence-corrected chi connectivity index (χ1v) is 10.4. The largest absolute Gasteiger partial charge is 0.378 e. The zero-order valence-electron chi connectivity index (χ0n) is 15.9. The Kier molecular flexibility index (Phi) is 8.92. The fourth-order valence-electron chi connectivity index (χ4n) is 3.44. The third kappa shape index (κ3) is 7.36. The molecule has 1 heterocycles. The van der Waals surface area contributed by atoms with Gasteiger partial charge < -0.3 is 18.9 Å². The maximum atomic E-state index is 5.93. The Morgan fingerprint density at radius 1 is 0.808 bits per heavy atom. The highest BCUT2D eigenvalue weighted by molar-refractivity contribution is 5.13. The molecule has 1 aromatic rings. The van der Waals surface area contributed by atoms with Gasteiger partial charge in [0.25, 0.3) is 0 Å². The lowest BCUT2D eigenvalue weighted by atomic mass is 9.92. The average Bonchev–Trinajstić information content (AvgIpc) is 2.66. The van der Waals surface area contributed by atoms with E-state index in [2.05, 4.69) is 24.3 Å². The standard InChI is InChI=1S/C22H34O4/c1(2-8-14-24-22-12-6-9-15-25-22)7-13-23-20-16-21(17-20)26-18-19-10-4-3-5-11-19/h3-5,10-11,20-22H,1-2,6-9,12-18H2/t20-,21-,22?. The van der Waals surface area contributed by atoms with Crippen molar-refractivity contribution in [1.29, 1.82) is 0 Å². The van der Waals surface area contributed by atoms with Crippen molar-refractivity contribution in [3.05, 3.63) is 35.9 Å². The summed E-state index contributed by atoms with van der Waals surface area (Å²) in [6.45, 7) is 3.28. The number of rotatable bonds is 12. The SMILES string of the molecule is c1ccc(CO[C@H]2C[C@H](OCCCCCCOC3CCCCO3)C2)cc1. The third-order valence-corrected chi connectivity index (χ3v) is 5.21. The minimum Gasteiger partial charge on any atom is -0.378 e. The van der Waals surface area contributed by atoms with E-state index < -0.39 is 0 Å². The van der Waals surface area contributed by atoms with Crippen LogP contribution in [0.5, 0.6) is 0 Å². The first-order chi connectivity index (χ1) is 12.9. The summed E-state index contributed by atoms with van der Waals surface area (Å²) in [6.07, 6.45) is 11.1. The van der Waals surface area contributed by atoms with Crippen molar-refractivity contribution in [2.75, 3.05) is 19.8 Å². The number of hydrogen-bond donors (Lipinski definition) is 0. The van der Waals surface area contributed by atoms with Crippen LogP contribution in [0.25, 0.3) is 0 Å². The minimum atomic E-state index is 0.0581. The number of unbranched alkanes of at least 4 members (excludes halogenated alkanes) is 3. The predicted molar refractivity (Wildman–Crippen MR) is 102 cm³/mol. The molecule has 4 heteroatoms. The lowest BCUT2D eigenvalue weighted by molar-refractivity contribution is -0.162. The van der Waals surface area contributed by atoms with Crippen LogP contribution in [-0.4, -0.2) is 38.3 Å². The molecule has 1 aliphatic heterocycles. The van der Waals surface area contributed by atoms with E-state index in [4.69, 9.17) is 18.9 Å². The maximum absolute atomic E-state index is 5.93. The normalized spacial score (nSPS) is 25.8. The van der Waals surface area contributed by atoms with Gasteiger partial charge in [0.05, 0.1) is 18.8 Å². The molecule has 3 rings (SSSR count). The fraction of sp³-hybridized carbons (Fsp3) is 0.727.